The molecule has 0 radical (unpaired) electrons. The molecule has 0 atom stereocenters. The summed E-state index contributed by atoms with van der Waals surface area (Å²) in [6.45, 7) is 3.55. The van der Waals surface area contributed by atoms with Crippen LogP contribution in [-0.2, 0) is 6.54 Å². The lowest BCUT2D eigenvalue weighted by atomic mass is 9.91. The third-order valence-corrected chi connectivity index (χ3v) is 5.33. The third kappa shape index (κ3) is 5.17. The molecule has 0 amide bonds. The van der Waals surface area contributed by atoms with Crippen LogP contribution in [0.3, 0.4) is 0 Å². The quantitative estimate of drug-likeness (QED) is 0.514. The summed E-state index contributed by atoms with van der Waals surface area (Å²) in [5.41, 5.74) is 3.67. The summed E-state index contributed by atoms with van der Waals surface area (Å²) in [6.07, 6.45) is 0. The van der Waals surface area contributed by atoms with E-state index < -0.39 is 0 Å². The zero-order valence-electron chi connectivity index (χ0n) is 16.1. The van der Waals surface area contributed by atoms with Gasteiger partial charge in [-0.25, -0.2) is 4.98 Å². The number of nitrogens with one attached hydrogen (secondary N) is 1. The fourth-order valence-electron chi connectivity index (χ4n) is 3.18. The monoisotopic (exact) mass is 378 g/mol. The average molecular weight is 379 g/mol. The van der Waals surface area contributed by atoms with Gasteiger partial charge in [-0.15, -0.1) is 11.3 Å². The summed E-state index contributed by atoms with van der Waals surface area (Å²) < 4.78 is 0. The Balaban J connectivity index is 1.71. The maximum absolute atomic E-state index is 4.55. The van der Waals surface area contributed by atoms with E-state index in [0.29, 0.717) is 0 Å². The molecule has 1 N–H and O–H groups in total. The molecule has 0 spiro atoms. The molecule has 0 aliphatic rings. The molecule has 0 unspecified atom stereocenters. The Bertz CT molecular complexity index is 819. The highest BCUT2D eigenvalue weighted by molar-refractivity contribution is 7.09. The van der Waals surface area contributed by atoms with Crippen molar-refractivity contribution in [2.75, 3.05) is 20.6 Å². The highest BCUT2D eigenvalue weighted by Gasteiger charge is 2.16. The maximum Gasteiger partial charge on any atom is 0.193 e. The Morgan fingerprint density at radius 2 is 1.67 bits per heavy atom. The van der Waals surface area contributed by atoms with Crippen LogP contribution in [0.1, 0.15) is 27.7 Å². The van der Waals surface area contributed by atoms with Crippen molar-refractivity contribution in [1.82, 2.24) is 15.2 Å². The van der Waals surface area contributed by atoms with Crippen molar-refractivity contribution in [3.63, 3.8) is 0 Å². The summed E-state index contributed by atoms with van der Waals surface area (Å²) in [7, 11) is 3.87. The van der Waals surface area contributed by atoms with E-state index in [0.717, 1.165) is 29.8 Å². The molecule has 0 aliphatic carbocycles. The number of aliphatic imine (C=N–C) groups is 1. The molecule has 0 aliphatic heterocycles. The van der Waals surface area contributed by atoms with Crippen LogP contribution in [0.2, 0.25) is 0 Å². The van der Waals surface area contributed by atoms with Gasteiger partial charge in [0.05, 0.1) is 17.2 Å². The first-order valence-electron chi connectivity index (χ1n) is 9.10. The van der Waals surface area contributed by atoms with Gasteiger partial charge in [0.2, 0.25) is 0 Å². The smallest absolute Gasteiger partial charge is 0.193 e. The van der Waals surface area contributed by atoms with Crippen LogP contribution in [0.15, 0.2) is 71.0 Å². The summed E-state index contributed by atoms with van der Waals surface area (Å²) in [5, 5.41) is 6.74. The van der Waals surface area contributed by atoms with Gasteiger partial charge in [0.25, 0.3) is 0 Å². The number of hydrogen-bond donors (Lipinski definition) is 1. The van der Waals surface area contributed by atoms with Crippen LogP contribution < -0.4 is 5.32 Å². The first-order chi connectivity index (χ1) is 13.2. The predicted octanol–water partition coefficient (Wildman–Crippen LogP) is 4.29. The van der Waals surface area contributed by atoms with Gasteiger partial charge in [-0.2, -0.15) is 0 Å². The molecule has 0 bridgehead atoms. The number of benzene rings is 2. The minimum atomic E-state index is 0.263. The van der Waals surface area contributed by atoms with Gasteiger partial charge in [-0.3, -0.25) is 4.99 Å². The highest BCUT2D eigenvalue weighted by atomic mass is 32.1. The Morgan fingerprint density at radius 3 is 2.15 bits per heavy atom. The third-order valence-electron chi connectivity index (χ3n) is 4.51. The highest BCUT2D eigenvalue weighted by Crippen LogP contribution is 2.23. The number of hydrogen-bond acceptors (Lipinski definition) is 3. The zero-order valence-corrected chi connectivity index (χ0v) is 16.9. The number of guanidine groups is 1. The SMILES string of the molecule is CN=C(NCC(c1ccccc1)c1ccccc1)N(C)Cc1csc(C)n1. The van der Waals surface area contributed by atoms with E-state index in [-0.39, 0.29) is 5.92 Å². The molecule has 140 valence electrons. The minimum Gasteiger partial charge on any atom is -0.355 e. The van der Waals surface area contributed by atoms with Crippen LogP contribution in [0, 0.1) is 6.92 Å². The van der Waals surface area contributed by atoms with Crippen molar-refractivity contribution in [2.45, 2.75) is 19.4 Å². The number of aromatic nitrogens is 1. The largest absolute Gasteiger partial charge is 0.355 e. The number of aryl methyl sites for hydroxylation is 1. The van der Waals surface area contributed by atoms with E-state index in [4.69, 9.17) is 0 Å². The molecule has 1 aromatic heterocycles. The van der Waals surface area contributed by atoms with E-state index in [1.807, 2.05) is 21.0 Å². The van der Waals surface area contributed by atoms with Crippen LogP contribution in [-0.4, -0.2) is 36.5 Å². The minimum absolute atomic E-state index is 0.263. The van der Waals surface area contributed by atoms with E-state index in [2.05, 4.69) is 86.2 Å². The van der Waals surface area contributed by atoms with Gasteiger partial charge >= 0.3 is 0 Å². The Labute approximate surface area is 165 Å². The van der Waals surface area contributed by atoms with E-state index in [9.17, 15) is 0 Å². The molecular formula is C22H26N4S. The van der Waals surface area contributed by atoms with Crippen molar-refractivity contribution in [3.05, 3.63) is 87.9 Å². The van der Waals surface area contributed by atoms with Crippen molar-refractivity contribution in [1.29, 1.82) is 0 Å². The average Bonchev–Trinajstić information content (AvgIpc) is 3.11. The van der Waals surface area contributed by atoms with Gasteiger partial charge in [-0.05, 0) is 18.1 Å². The molecule has 0 saturated carbocycles. The summed E-state index contributed by atoms with van der Waals surface area (Å²) >= 11 is 1.68. The Kier molecular flexibility index (Phi) is 6.60. The lowest BCUT2D eigenvalue weighted by Gasteiger charge is -2.25. The molecular weight excluding hydrogens is 352 g/mol. The number of rotatable bonds is 6. The molecule has 3 aromatic rings. The topological polar surface area (TPSA) is 40.5 Å². The number of thiazole rings is 1. The molecule has 27 heavy (non-hydrogen) atoms. The Hall–Kier alpha value is -2.66. The second-order valence-corrected chi connectivity index (χ2v) is 7.58. The lowest BCUT2D eigenvalue weighted by molar-refractivity contribution is 0.469. The molecule has 4 nitrogen and oxygen atoms in total. The first-order valence-corrected chi connectivity index (χ1v) is 9.98. The fourth-order valence-corrected chi connectivity index (χ4v) is 3.78. The standard InChI is InChI=1S/C22H26N4S/c1-17-25-20(16-27-17)15-26(3)22(23-2)24-14-21(18-10-6-4-7-11-18)19-12-8-5-9-13-19/h4-13,16,21H,14-15H2,1-3H3,(H,23,24). The van der Waals surface area contributed by atoms with Gasteiger partial charge in [0.15, 0.2) is 5.96 Å². The van der Waals surface area contributed by atoms with Crippen molar-refractivity contribution >= 4 is 17.3 Å². The van der Waals surface area contributed by atoms with Crippen molar-refractivity contribution < 1.29 is 0 Å². The second kappa shape index (κ2) is 9.33. The van der Waals surface area contributed by atoms with Crippen LogP contribution >= 0.6 is 11.3 Å². The fraction of sp³-hybridized carbons (Fsp3) is 0.273. The van der Waals surface area contributed by atoms with Gasteiger partial charge < -0.3 is 10.2 Å². The van der Waals surface area contributed by atoms with Crippen LogP contribution in [0.5, 0.6) is 0 Å². The summed E-state index contributed by atoms with van der Waals surface area (Å²) in [6, 6.07) is 21.2. The second-order valence-electron chi connectivity index (χ2n) is 6.52. The molecule has 2 aromatic carbocycles. The van der Waals surface area contributed by atoms with Gasteiger partial charge in [-0.1, -0.05) is 60.7 Å². The van der Waals surface area contributed by atoms with Crippen molar-refractivity contribution in [3.8, 4) is 0 Å². The molecule has 1 heterocycles. The Morgan fingerprint density at radius 1 is 1.07 bits per heavy atom. The summed E-state index contributed by atoms with van der Waals surface area (Å²) in [5.74, 6) is 1.14. The van der Waals surface area contributed by atoms with E-state index in [1.165, 1.54) is 11.1 Å². The van der Waals surface area contributed by atoms with Crippen molar-refractivity contribution in [2.24, 2.45) is 4.99 Å². The van der Waals surface area contributed by atoms with E-state index >= 15 is 0 Å². The maximum atomic E-state index is 4.55. The summed E-state index contributed by atoms with van der Waals surface area (Å²) in [4.78, 5) is 11.1. The zero-order chi connectivity index (χ0) is 19.1. The first kappa shape index (κ1) is 19.1. The van der Waals surface area contributed by atoms with E-state index in [1.54, 1.807) is 11.3 Å². The molecule has 3 rings (SSSR count). The van der Waals surface area contributed by atoms with Gasteiger partial charge in [0.1, 0.15) is 0 Å². The van der Waals surface area contributed by atoms with Crippen LogP contribution in [0.4, 0.5) is 0 Å². The number of nitrogens with zero attached hydrogens (tertiary/aromatic N) is 3. The molecule has 5 heteroatoms. The predicted molar refractivity (Wildman–Crippen MR) is 114 cm³/mol. The lowest BCUT2D eigenvalue weighted by Crippen LogP contribution is -2.40. The van der Waals surface area contributed by atoms with Crippen LogP contribution in [0.25, 0.3) is 0 Å². The molecule has 0 saturated heterocycles. The van der Waals surface area contributed by atoms with Gasteiger partial charge in [0, 0.05) is 31.9 Å². The molecule has 0 fully saturated rings. The normalized spacial score (nSPS) is 11.6.